The zero-order valence-electron chi connectivity index (χ0n) is 10.5. The van der Waals surface area contributed by atoms with Crippen molar-refractivity contribution in [2.45, 2.75) is 18.6 Å². The van der Waals surface area contributed by atoms with Gasteiger partial charge in [0.2, 0.25) is 0 Å². The number of rotatable bonds is 2. The minimum absolute atomic E-state index is 0.0183. The van der Waals surface area contributed by atoms with E-state index in [0.717, 1.165) is 17.0 Å². The van der Waals surface area contributed by atoms with Crippen molar-refractivity contribution in [2.75, 3.05) is 11.9 Å². The molecular formula is C12H11Cl2FN2O4. The van der Waals surface area contributed by atoms with Crippen molar-refractivity contribution in [2.24, 2.45) is 0 Å². The minimum Gasteiger partial charge on any atom is -0.480 e. The summed E-state index contributed by atoms with van der Waals surface area (Å²) in [6.07, 6.45) is -0.982. The van der Waals surface area contributed by atoms with Crippen molar-refractivity contribution in [1.29, 1.82) is 0 Å². The topological polar surface area (TPSA) is 89.9 Å². The van der Waals surface area contributed by atoms with E-state index in [-0.39, 0.29) is 28.7 Å². The number of amides is 2. The van der Waals surface area contributed by atoms with Gasteiger partial charge >= 0.3 is 12.0 Å². The van der Waals surface area contributed by atoms with E-state index in [0.29, 0.717) is 0 Å². The molecule has 3 N–H and O–H groups in total. The maximum absolute atomic E-state index is 13.1. The first-order valence-corrected chi connectivity index (χ1v) is 6.68. The second-order valence-electron chi connectivity index (χ2n) is 4.57. The quantitative estimate of drug-likeness (QED) is 0.772. The summed E-state index contributed by atoms with van der Waals surface area (Å²) in [5.74, 6) is -1.89. The number of hydrogen-bond acceptors (Lipinski definition) is 3. The molecule has 1 aromatic rings. The highest BCUT2D eigenvalue weighted by Crippen LogP contribution is 2.32. The van der Waals surface area contributed by atoms with Crippen LogP contribution >= 0.6 is 23.2 Å². The fraction of sp³-hybridized carbons (Fsp3) is 0.333. The highest BCUT2D eigenvalue weighted by atomic mass is 35.5. The fourth-order valence-electron chi connectivity index (χ4n) is 2.11. The summed E-state index contributed by atoms with van der Waals surface area (Å²) in [4.78, 5) is 24.1. The number of anilines is 1. The van der Waals surface area contributed by atoms with Crippen molar-refractivity contribution in [1.82, 2.24) is 4.90 Å². The first kappa shape index (κ1) is 15.8. The number of carboxylic acids is 1. The van der Waals surface area contributed by atoms with E-state index < -0.39 is 30.0 Å². The van der Waals surface area contributed by atoms with Gasteiger partial charge < -0.3 is 20.4 Å². The smallest absolute Gasteiger partial charge is 0.326 e. The summed E-state index contributed by atoms with van der Waals surface area (Å²) in [5, 5.41) is 20.6. The molecule has 1 heterocycles. The Kier molecular flexibility index (Phi) is 4.55. The number of likely N-dealkylation sites (tertiary alicyclic amines) is 1. The molecule has 114 valence electrons. The molecule has 1 fully saturated rings. The molecule has 0 spiro atoms. The van der Waals surface area contributed by atoms with Crippen molar-refractivity contribution in [3.05, 3.63) is 28.0 Å². The van der Waals surface area contributed by atoms with Gasteiger partial charge in [-0.15, -0.1) is 0 Å². The van der Waals surface area contributed by atoms with Gasteiger partial charge in [-0.3, -0.25) is 0 Å². The van der Waals surface area contributed by atoms with Crippen LogP contribution in [0.2, 0.25) is 10.0 Å². The molecule has 1 aliphatic rings. The summed E-state index contributed by atoms with van der Waals surface area (Å²) < 4.78 is 13.1. The molecule has 1 aliphatic heterocycles. The number of carbonyl (C=O) groups excluding carboxylic acids is 1. The van der Waals surface area contributed by atoms with Crippen LogP contribution < -0.4 is 5.32 Å². The number of nitrogens with zero attached hydrogens (tertiary/aromatic N) is 1. The van der Waals surface area contributed by atoms with Gasteiger partial charge in [0.15, 0.2) is 0 Å². The Morgan fingerprint density at radius 1 is 1.33 bits per heavy atom. The maximum Gasteiger partial charge on any atom is 0.326 e. The molecular weight excluding hydrogens is 326 g/mol. The molecule has 1 saturated heterocycles. The van der Waals surface area contributed by atoms with E-state index in [2.05, 4.69) is 5.32 Å². The number of benzene rings is 1. The van der Waals surface area contributed by atoms with E-state index in [4.69, 9.17) is 28.3 Å². The van der Waals surface area contributed by atoms with Crippen LogP contribution in [0.3, 0.4) is 0 Å². The van der Waals surface area contributed by atoms with Gasteiger partial charge in [-0.1, -0.05) is 23.2 Å². The summed E-state index contributed by atoms with van der Waals surface area (Å²) in [5.41, 5.74) is -0.0183. The Hall–Kier alpha value is -1.57. The number of carboxylic acid groups (broad SMARTS) is 1. The molecule has 2 amide bonds. The van der Waals surface area contributed by atoms with E-state index in [1.165, 1.54) is 0 Å². The molecule has 21 heavy (non-hydrogen) atoms. The van der Waals surface area contributed by atoms with Crippen molar-refractivity contribution in [3.8, 4) is 0 Å². The first-order chi connectivity index (χ1) is 9.79. The van der Waals surface area contributed by atoms with Crippen LogP contribution in [0.5, 0.6) is 0 Å². The van der Waals surface area contributed by atoms with E-state index in [1.54, 1.807) is 0 Å². The molecule has 0 aromatic heterocycles. The Bertz CT molecular complexity index is 576. The fourth-order valence-corrected chi connectivity index (χ4v) is 2.67. The first-order valence-electron chi connectivity index (χ1n) is 5.92. The Morgan fingerprint density at radius 2 is 1.90 bits per heavy atom. The number of aliphatic carboxylic acids is 1. The average molecular weight is 337 g/mol. The highest BCUT2D eigenvalue weighted by Gasteiger charge is 2.39. The molecule has 9 heteroatoms. The Morgan fingerprint density at radius 3 is 2.43 bits per heavy atom. The number of aliphatic hydroxyl groups excluding tert-OH is 1. The van der Waals surface area contributed by atoms with E-state index in [1.807, 2.05) is 0 Å². The number of halogens is 3. The molecule has 6 nitrogen and oxygen atoms in total. The Balaban J connectivity index is 2.20. The summed E-state index contributed by atoms with van der Waals surface area (Å²) >= 11 is 11.6. The lowest BCUT2D eigenvalue weighted by Gasteiger charge is -2.22. The summed E-state index contributed by atoms with van der Waals surface area (Å²) in [7, 11) is 0. The highest BCUT2D eigenvalue weighted by molar-refractivity contribution is 6.39. The standard InChI is InChI=1S/C12H11Cl2FN2O4/c13-7-1-5(15)2-8(14)10(7)16-12(21)17-4-6(18)3-9(17)11(19)20/h1-2,6,9,18H,3-4H2,(H,16,21)(H,19,20). The minimum atomic E-state index is -1.22. The van der Waals surface area contributed by atoms with E-state index >= 15 is 0 Å². The lowest BCUT2D eigenvalue weighted by molar-refractivity contribution is -0.141. The predicted octanol–water partition coefficient (Wildman–Crippen LogP) is 2.18. The molecule has 1 aromatic carbocycles. The van der Waals surface area contributed by atoms with E-state index in [9.17, 15) is 19.1 Å². The monoisotopic (exact) mass is 336 g/mol. The van der Waals surface area contributed by atoms with Crippen molar-refractivity contribution in [3.63, 3.8) is 0 Å². The molecule has 0 aliphatic carbocycles. The van der Waals surface area contributed by atoms with Crippen LogP contribution in [-0.4, -0.2) is 45.8 Å². The Labute approximate surface area is 129 Å². The number of hydrogen-bond donors (Lipinski definition) is 3. The zero-order valence-corrected chi connectivity index (χ0v) is 12.0. The van der Waals surface area contributed by atoms with Gasteiger partial charge in [0.05, 0.1) is 21.8 Å². The van der Waals surface area contributed by atoms with Crippen LogP contribution in [0.4, 0.5) is 14.9 Å². The van der Waals surface area contributed by atoms with Crippen molar-refractivity contribution >= 4 is 40.9 Å². The van der Waals surface area contributed by atoms with Crippen LogP contribution in [0.25, 0.3) is 0 Å². The number of β-amino-alcohol motifs (C(OH)–C–C–N with tert-alkyl or cyclic N) is 1. The molecule has 2 atom stereocenters. The third-order valence-corrected chi connectivity index (χ3v) is 3.66. The molecule has 0 radical (unpaired) electrons. The molecule has 0 bridgehead atoms. The second kappa shape index (κ2) is 6.05. The molecule has 0 saturated carbocycles. The lowest BCUT2D eigenvalue weighted by atomic mass is 10.2. The van der Waals surface area contributed by atoms with Gasteiger partial charge in [-0.05, 0) is 12.1 Å². The van der Waals surface area contributed by atoms with Gasteiger partial charge in [0.25, 0.3) is 0 Å². The van der Waals surface area contributed by atoms with Gasteiger partial charge in [0.1, 0.15) is 11.9 Å². The summed E-state index contributed by atoms with van der Waals surface area (Å²) in [6.45, 7) is -0.126. The number of nitrogens with one attached hydrogen (secondary N) is 1. The van der Waals surface area contributed by atoms with Crippen molar-refractivity contribution < 1.29 is 24.2 Å². The largest absolute Gasteiger partial charge is 0.480 e. The number of aliphatic hydroxyl groups is 1. The normalized spacial score (nSPS) is 21.4. The zero-order chi connectivity index (χ0) is 15.7. The maximum atomic E-state index is 13.1. The van der Waals surface area contributed by atoms with Crippen LogP contribution in [-0.2, 0) is 4.79 Å². The predicted molar refractivity (Wildman–Crippen MR) is 74.2 cm³/mol. The second-order valence-corrected chi connectivity index (χ2v) is 5.38. The van der Waals surface area contributed by atoms with Crippen LogP contribution in [0.1, 0.15) is 6.42 Å². The van der Waals surface area contributed by atoms with Gasteiger partial charge in [0, 0.05) is 13.0 Å². The van der Waals surface area contributed by atoms with Gasteiger partial charge in [-0.25, -0.2) is 14.0 Å². The van der Waals surface area contributed by atoms with Crippen LogP contribution in [0, 0.1) is 5.82 Å². The molecule has 2 rings (SSSR count). The third kappa shape index (κ3) is 3.37. The molecule has 2 unspecified atom stereocenters. The SMILES string of the molecule is O=C(O)C1CC(O)CN1C(=O)Nc1c(Cl)cc(F)cc1Cl. The summed E-state index contributed by atoms with van der Waals surface area (Å²) in [6, 6.07) is 0.0139. The number of urea groups is 1. The third-order valence-electron chi connectivity index (χ3n) is 3.06. The average Bonchev–Trinajstić information content (AvgIpc) is 2.76. The lowest BCUT2D eigenvalue weighted by Crippen LogP contribution is -2.43. The number of carbonyl (C=O) groups is 2. The van der Waals surface area contributed by atoms with Gasteiger partial charge in [-0.2, -0.15) is 0 Å². The van der Waals surface area contributed by atoms with Crippen LogP contribution in [0.15, 0.2) is 12.1 Å².